The number of para-hydroxylation sites is 1. The number of benzene rings is 1. The van der Waals surface area contributed by atoms with Gasteiger partial charge < -0.3 is 10.1 Å². The predicted molar refractivity (Wildman–Crippen MR) is 88.2 cm³/mol. The van der Waals surface area contributed by atoms with E-state index in [0.29, 0.717) is 12.2 Å². The van der Waals surface area contributed by atoms with Crippen LogP contribution in [0.25, 0.3) is 0 Å². The lowest BCUT2D eigenvalue weighted by atomic mass is 10.1. The summed E-state index contributed by atoms with van der Waals surface area (Å²) in [4.78, 5) is 2.59. The van der Waals surface area contributed by atoms with E-state index in [1.807, 2.05) is 0 Å². The predicted octanol–water partition coefficient (Wildman–Crippen LogP) is 3.08. The van der Waals surface area contributed by atoms with Gasteiger partial charge in [0.15, 0.2) is 0 Å². The van der Waals surface area contributed by atoms with E-state index >= 15 is 0 Å². The van der Waals surface area contributed by atoms with Crippen LogP contribution in [0.1, 0.15) is 30.9 Å². The topological polar surface area (TPSA) is 24.5 Å². The first-order valence-electron chi connectivity index (χ1n) is 8.02. The van der Waals surface area contributed by atoms with Crippen LogP contribution in [0.4, 0.5) is 5.69 Å². The molecule has 4 heteroatoms. The maximum Gasteiger partial charge on any atom is 0.0734 e. The average Bonchev–Trinajstić information content (AvgIpc) is 3.17. The summed E-state index contributed by atoms with van der Waals surface area (Å²) in [5.41, 5.74) is 4.35. The molecule has 2 heterocycles. The second kappa shape index (κ2) is 6.15. The van der Waals surface area contributed by atoms with Gasteiger partial charge in [0.05, 0.1) is 12.2 Å². The molecule has 4 rings (SSSR count). The van der Waals surface area contributed by atoms with Gasteiger partial charge in [0.25, 0.3) is 0 Å². The number of ether oxygens (including phenoxy) is 1. The Kier molecular flexibility index (Phi) is 4.43. The van der Waals surface area contributed by atoms with E-state index in [2.05, 4.69) is 35.3 Å². The van der Waals surface area contributed by atoms with Crippen molar-refractivity contribution in [3.63, 3.8) is 0 Å². The van der Waals surface area contributed by atoms with Crippen LogP contribution in [-0.4, -0.2) is 36.7 Å². The van der Waals surface area contributed by atoms with Crippen LogP contribution in [0, 0.1) is 5.92 Å². The molecule has 1 N–H and O–H groups in total. The fourth-order valence-electron chi connectivity index (χ4n) is 3.72. The number of fused-ring (bicyclic) bond motifs is 1. The van der Waals surface area contributed by atoms with Crippen molar-refractivity contribution in [1.29, 1.82) is 0 Å². The number of morpholine rings is 1. The van der Waals surface area contributed by atoms with Crippen LogP contribution in [-0.2, 0) is 17.7 Å². The highest BCUT2D eigenvalue weighted by atomic mass is 35.5. The Hall–Kier alpha value is -0.770. The van der Waals surface area contributed by atoms with E-state index in [0.717, 1.165) is 32.1 Å². The number of rotatable bonds is 3. The van der Waals surface area contributed by atoms with Crippen molar-refractivity contribution in [3.05, 3.63) is 29.3 Å². The Labute approximate surface area is 133 Å². The van der Waals surface area contributed by atoms with Crippen molar-refractivity contribution in [1.82, 2.24) is 4.90 Å². The number of nitrogens with zero attached hydrogens (tertiary/aromatic N) is 1. The van der Waals surface area contributed by atoms with Gasteiger partial charge in [-0.1, -0.05) is 18.2 Å². The van der Waals surface area contributed by atoms with Crippen molar-refractivity contribution in [2.45, 2.75) is 44.9 Å². The summed E-state index contributed by atoms with van der Waals surface area (Å²) in [6, 6.07) is 6.75. The summed E-state index contributed by atoms with van der Waals surface area (Å²) >= 11 is 0. The number of hydrogen-bond donors (Lipinski definition) is 1. The monoisotopic (exact) mass is 308 g/mol. The van der Waals surface area contributed by atoms with Crippen molar-refractivity contribution in [2.24, 2.45) is 5.92 Å². The summed E-state index contributed by atoms with van der Waals surface area (Å²) < 4.78 is 6.11. The van der Waals surface area contributed by atoms with Gasteiger partial charge in [-0.25, -0.2) is 0 Å². The fourth-order valence-corrected chi connectivity index (χ4v) is 3.72. The lowest BCUT2D eigenvalue weighted by Gasteiger charge is -2.37. The largest absolute Gasteiger partial charge is 0.384 e. The quantitative estimate of drug-likeness (QED) is 0.929. The fraction of sp³-hybridized carbons (Fsp3) is 0.647. The molecule has 2 atom stereocenters. The Morgan fingerprint density at radius 1 is 1.29 bits per heavy atom. The van der Waals surface area contributed by atoms with Crippen LogP contribution >= 0.6 is 12.4 Å². The maximum absolute atomic E-state index is 6.11. The molecule has 3 nitrogen and oxygen atoms in total. The molecule has 2 fully saturated rings. The minimum Gasteiger partial charge on any atom is -0.384 e. The van der Waals surface area contributed by atoms with Gasteiger partial charge in [0.1, 0.15) is 0 Å². The van der Waals surface area contributed by atoms with Gasteiger partial charge >= 0.3 is 0 Å². The molecule has 2 unspecified atom stereocenters. The molecule has 1 aromatic rings. The molecule has 0 amide bonds. The highest BCUT2D eigenvalue weighted by Gasteiger charge is 2.37. The first-order valence-corrected chi connectivity index (χ1v) is 8.02. The van der Waals surface area contributed by atoms with Gasteiger partial charge in [-0.2, -0.15) is 0 Å². The third-order valence-corrected chi connectivity index (χ3v) is 4.84. The molecule has 0 bridgehead atoms. The Bertz CT molecular complexity index is 504. The Morgan fingerprint density at radius 2 is 2.14 bits per heavy atom. The van der Waals surface area contributed by atoms with E-state index in [-0.39, 0.29) is 12.4 Å². The summed E-state index contributed by atoms with van der Waals surface area (Å²) in [7, 11) is 0. The Morgan fingerprint density at radius 3 is 2.95 bits per heavy atom. The third-order valence-electron chi connectivity index (χ3n) is 4.84. The zero-order chi connectivity index (χ0) is 13.5. The van der Waals surface area contributed by atoms with Crippen molar-refractivity contribution in [3.8, 4) is 0 Å². The molecular weight excluding hydrogens is 284 g/mol. The van der Waals surface area contributed by atoms with E-state index in [1.54, 1.807) is 0 Å². The van der Waals surface area contributed by atoms with Crippen molar-refractivity contribution in [2.75, 3.05) is 25.0 Å². The van der Waals surface area contributed by atoms with Crippen LogP contribution in [0.5, 0.6) is 0 Å². The van der Waals surface area contributed by atoms with Gasteiger partial charge in [-0.05, 0) is 43.2 Å². The molecule has 1 aliphatic carbocycles. The molecule has 0 aromatic heterocycles. The molecule has 1 saturated heterocycles. The second-order valence-corrected chi connectivity index (χ2v) is 6.64. The van der Waals surface area contributed by atoms with Crippen LogP contribution in [0.2, 0.25) is 0 Å². The smallest absolute Gasteiger partial charge is 0.0734 e. The maximum atomic E-state index is 6.11. The molecule has 21 heavy (non-hydrogen) atoms. The molecule has 1 saturated carbocycles. The number of anilines is 1. The highest BCUT2D eigenvalue weighted by Crippen LogP contribution is 2.37. The Balaban J connectivity index is 0.00000132. The summed E-state index contributed by atoms with van der Waals surface area (Å²) in [6.07, 6.45) is 4.76. The molecule has 2 aliphatic heterocycles. The van der Waals surface area contributed by atoms with E-state index < -0.39 is 0 Å². The number of halogens is 1. The molecule has 1 aromatic carbocycles. The highest BCUT2D eigenvalue weighted by molar-refractivity contribution is 5.85. The zero-order valence-electron chi connectivity index (χ0n) is 12.7. The summed E-state index contributed by atoms with van der Waals surface area (Å²) in [5, 5.41) is 3.56. The zero-order valence-corrected chi connectivity index (χ0v) is 13.5. The van der Waals surface area contributed by atoms with E-state index in [1.165, 1.54) is 36.1 Å². The van der Waals surface area contributed by atoms with Gasteiger partial charge in [0.2, 0.25) is 0 Å². The van der Waals surface area contributed by atoms with E-state index in [4.69, 9.17) is 4.74 Å². The van der Waals surface area contributed by atoms with Gasteiger partial charge in [-0.3, -0.25) is 4.90 Å². The number of nitrogens with one attached hydrogen (secondary N) is 1. The lowest BCUT2D eigenvalue weighted by molar-refractivity contribution is -0.0881. The standard InChI is InChI=1S/C17H24N2O.ClH/c1-12-9-19(11-16(20-12)13-5-6-13)10-15-4-2-3-14-7-8-18-17(14)15;/h2-4,12-13,16,18H,5-11H2,1H3;1H. The molecule has 0 spiro atoms. The molecule has 116 valence electrons. The first-order chi connectivity index (χ1) is 9.79. The van der Waals surface area contributed by atoms with Gasteiger partial charge in [0, 0.05) is 31.9 Å². The normalized spacial score (nSPS) is 28.6. The summed E-state index contributed by atoms with van der Waals surface area (Å²) in [6.45, 7) is 6.55. The second-order valence-electron chi connectivity index (χ2n) is 6.64. The SMILES string of the molecule is CC1CN(Cc2cccc3c2NCC3)CC(C2CC2)O1.Cl. The third kappa shape index (κ3) is 3.20. The van der Waals surface area contributed by atoms with Crippen molar-refractivity contribution >= 4 is 18.1 Å². The van der Waals surface area contributed by atoms with Crippen LogP contribution in [0.3, 0.4) is 0 Å². The van der Waals surface area contributed by atoms with Crippen molar-refractivity contribution < 1.29 is 4.74 Å². The summed E-state index contributed by atoms with van der Waals surface area (Å²) in [5.74, 6) is 0.833. The minimum atomic E-state index is 0. The van der Waals surface area contributed by atoms with E-state index in [9.17, 15) is 0 Å². The minimum absolute atomic E-state index is 0. The molecular formula is C17H25ClN2O. The van der Waals surface area contributed by atoms with Crippen LogP contribution in [0.15, 0.2) is 18.2 Å². The molecule has 0 radical (unpaired) electrons. The van der Waals surface area contributed by atoms with Gasteiger partial charge in [-0.15, -0.1) is 12.4 Å². The molecule has 3 aliphatic rings. The first kappa shape index (κ1) is 15.1. The van der Waals surface area contributed by atoms with Crippen LogP contribution < -0.4 is 5.32 Å². The lowest BCUT2D eigenvalue weighted by Crippen LogP contribution is -2.46. The number of hydrogen-bond acceptors (Lipinski definition) is 3. The average molecular weight is 309 g/mol.